The van der Waals surface area contributed by atoms with Crippen LogP contribution >= 0.6 is 0 Å². The second-order valence-corrected chi connectivity index (χ2v) is 4.27. The van der Waals surface area contributed by atoms with Crippen LogP contribution in [0.2, 0.25) is 5.09 Å². The van der Waals surface area contributed by atoms with E-state index in [0.29, 0.717) is 5.41 Å². The molecule has 0 saturated heterocycles. The zero-order valence-electron chi connectivity index (χ0n) is 9.33. The van der Waals surface area contributed by atoms with Crippen LogP contribution in [0.4, 0.5) is 0 Å². The first kappa shape index (κ1) is 16.0. The van der Waals surface area contributed by atoms with E-state index >= 15 is 0 Å². The molecule has 0 aliphatic carbocycles. The quantitative estimate of drug-likeness (QED) is 0.530. The van der Waals surface area contributed by atoms with Crippen LogP contribution in [-0.2, 0) is 9.59 Å². The molecular weight excluding hydrogens is 179 g/mol. The van der Waals surface area contributed by atoms with Gasteiger partial charge in [0.2, 0.25) is 0 Å². The fourth-order valence-electron chi connectivity index (χ4n) is 0.879. The van der Waals surface area contributed by atoms with Crippen LogP contribution in [0.1, 0.15) is 33.6 Å². The third kappa shape index (κ3) is 22.5. The minimum atomic E-state index is -1.31. The fourth-order valence-corrected chi connectivity index (χ4v) is 0.879. The van der Waals surface area contributed by atoms with Gasteiger partial charge in [-0.2, -0.15) is 0 Å². The van der Waals surface area contributed by atoms with Crippen molar-refractivity contribution >= 4 is 29.7 Å². The second-order valence-electron chi connectivity index (χ2n) is 4.27. The van der Waals surface area contributed by atoms with Crippen LogP contribution in [-0.4, -0.2) is 39.9 Å². The predicted molar refractivity (Wildman–Crippen MR) is 54.5 cm³/mol. The molecule has 0 heterocycles. The van der Waals surface area contributed by atoms with Crippen LogP contribution < -0.4 is 0 Å². The van der Waals surface area contributed by atoms with Crippen molar-refractivity contribution in [3.8, 4) is 0 Å². The van der Waals surface area contributed by atoms with E-state index in [1.165, 1.54) is 11.5 Å². The summed E-state index contributed by atoms with van der Waals surface area (Å²) < 4.78 is 0. The maximum atomic E-state index is 9.43. The number of rotatable bonds is 3. The van der Waals surface area contributed by atoms with Crippen LogP contribution in [0.5, 0.6) is 0 Å². The molecule has 0 aromatic carbocycles. The first-order valence-corrected chi connectivity index (χ1v) is 4.62. The molecule has 0 fully saturated rings. The van der Waals surface area contributed by atoms with Crippen LogP contribution in [0.3, 0.4) is 0 Å². The van der Waals surface area contributed by atoms with Gasteiger partial charge in [0.25, 0.3) is 0 Å². The van der Waals surface area contributed by atoms with E-state index in [9.17, 15) is 9.59 Å². The Morgan fingerprint density at radius 1 is 1.14 bits per heavy atom. The van der Waals surface area contributed by atoms with Gasteiger partial charge in [-0.3, -0.25) is 9.59 Å². The molecule has 0 rings (SSSR count). The normalized spacial score (nSPS) is 10.1. The van der Waals surface area contributed by atoms with Crippen molar-refractivity contribution in [2.45, 2.75) is 38.7 Å². The van der Waals surface area contributed by atoms with Gasteiger partial charge >= 0.3 is 67.4 Å². The summed E-state index contributed by atoms with van der Waals surface area (Å²) in [4.78, 5) is 18.9. The molecule has 0 radical (unpaired) electrons. The van der Waals surface area contributed by atoms with Gasteiger partial charge < -0.3 is 10.2 Å². The van der Waals surface area contributed by atoms with Gasteiger partial charge in [0.15, 0.2) is 0 Å². The zero-order valence-corrected chi connectivity index (χ0v) is 9.33. The van der Waals surface area contributed by atoms with Gasteiger partial charge in [-0.1, -0.05) is 0 Å². The summed E-state index contributed by atoms with van der Waals surface area (Å²) >= 11 is 2.23. The molecule has 2 N–H and O–H groups in total. The molecular formula is C9H17LiO4. The Hall–Kier alpha value is -0.463. The third-order valence-corrected chi connectivity index (χ3v) is 1.30. The first-order chi connectivity index (χ1) is 6.19. The predicted octanol–water partition coefficient (Wildman–Crippen LogP) is 1.56. The number of carbonyl (C=O) groups is 2. The van der Waals surface area contributed by atoms with E-state index < -0.39 is 18.4 Å². The van der Waals surface area contributed by atoms with Crippen LogP contribution in [0.15, 0.2) is 0 Å². The molecule has 0 spiro atoms. The number of aliphatic carboxylic acids is 2. The first-order valence-electron chi connectivity index (χ1n) is 4.62. The van der Waals surface area contributed by atoms with Gasteiger partial charge in [0.05, 0.1) is 0 Å². The molecule has 0 aliphatic heterocycles. The molecule has 0 amide bonds. The molecule has 0 saturated carbocycles. The minimum absolute atomic E-state index is 0.550. The number of hydrogen-bond acceptors (Lipinski definition) is 2. The van der Waals surface area contributed by atoms with Crippen LogP contribution in [0.25, 0.3) is 0 Å². The monoisotopic (exact) mass is 196 g/mol. The molecule has 14 heavy (non-hydrogen) atoms. The topological polar surface area (TPSA) is 74.6 Å². The standard InChI is InChI=1S/C6H13.C3H4O4.Li/c1-5-6(2,3)4;4-2(5)1-3(6)7;/h1,5H2,2-4H3;1H2,(H,4,5)(H,6,7);. The van der Waals surface area contributed by atoms with E-state index in [2.05, 4.69) is 38.5 Å². The Labute approximate surface area is 93.9 Å². The number of hydrogen-bond donors (Lipinski definition) is 2. The average molecular weight is 196 g/mol. The SMILES string of the molecule is O=C(O)CC(=O)O.[Li][CH2]CC(C)(C)C. The summed E-state index contributed by atoms with van der Waals surface area (Å²) in [6, 6.07) is 0. The Morgan fingerprint density at radius 3 is 1.50 bits per heavy atom. The maximum absolute atomic E-state index is 9.43. The van der Waals surface area contributed by atoms with E-state index in [4.69, 9.17) is 10.2 Å². The molecule has 78 valence electrons. The van der Waals surface area contributed by atoms with Crippen molar-refractivity contribution in [1.82, 2.24) is 0 Å². The Bertz CT molecular complexity index is 172. The summed E-state index contributed by atoms with van der Waals surface area (Å²) in [6.07, 6.45) is 0.535. The molecule has 5 heteroatoms. The molecule has 0 unspecified atom stereocenters. The summed E-state index contributed by atoms with van der Waals surface area (Å²) in [5, 5.41) is 16.7. The van der Waals surface area contributed by atoms with E-state index in [1.807, 2.05) is 0 Å². The fraction of sp³-hybridized carbons (Fsp3) is 0.778. The van der Waals surface area contributed by atoms with Gasteiger partial charge in [-0.25, -0.2) is 0 Å². The average Bonchev–Trinajstić information content (AvgIpc) is 1.80. The van der Waals surface area contributed by atoms with E-state index in [-0.39, 0.29) is 0 Å². The van der Waals surface area contributed by atoms with Crippen molar-refractivity contribution in [2.24, 2.45) is 5.41 Å². The van der Waals surface area contributed by atoms with Crippen molar-refractivity contribution in [3.05, 3.63) is 0 Å². The molecule has 0 aromatic rings. The van der Waals surface area contributed by atoms with E-state index in [1.54, 1.807) is 0 Å². The van der Waals surface area contributed by atoms with Crippen molar-refractivity contribution in [1.29, 1.82) is 0 Å². The van der Waals surface area contributed by atoms with Crippen molar-refractivity contribution in [2.75, 3.05) is 0 Å². The number of carboxylic acid groups (broad SMARTS) is 2. The molecule has 0 aromatic heterocycles. The molecule has 0 aliphatic rings. The zero-order chi connectivity index (χ0) is 11.8. The van der Waals surface area contributed by atoms with Crippen molar-refractivity contribution in [3.63, 3.8) is 0 Å². The third-order valence-electron chi connectivity index (χ3n) is 1.30. The van der Waals surface area contributed by atoms with E-state index in [0.717, 1.165) is 0 Å². The van der Waals surface area contributed by atoms with Gasteiger partial charge in [0.1, 0.15) is 6.42 Å². The van der Waals surface area contributed by atoms with Gasteiger partial charge in [-0.15, -0.1) is 0 Å². The molecule has 0 atom stereocenters. The van der Waals surface area contributed by atoms with Crippen LogP contribution in [0, 0.1) is 5.41 Å². The Kier molecular flexibility index (Phi) is 9.02. The van der Waals surface area contributed by atoms with Gasteiger partial charge in [-0.05, 0) is 0 Å². The Balaban J connectivity index is 0. The number of carboxylic acids is 2. The summed E-state index contributed by atoms with van der Waals surface area (Å²) in [6.45, 7) is 6.82. The molecule has 4 nitrogen and oxygen atoms in total. The summed E-state index contributed by atoms with van der Waals surface area (Å²) in [7, 11) is 0. The Morgan fingerprint density at radius 2 is 1.50 bits per heavy atom. The molecule has 0 bridgehead atoms. The van der Waals surface area contributed by atoms with Gasteiger partial charge in [0, 0.05) is 0 Å². The summed E-state index contributed by atoms with van der Waals surface area (Å²) in [5.74, 6) is -2.62. The second kappa shape index (κ2) is 7.90. The summed E-state index contributed by atoms with van der Waals surface area (Å²) in [5.41, 5.74) is 0.550. The van der Waals surface area contributed by atoms with Crippen molar-refractivity contribution < 1.29 is 19.8 Å².